The highest BCUT2D eigenvalue weighted by Gasteiger charge is 2.54. The van der Waals surface area contributed by atoms with Crippen molar-refractivity contribution < 1.29 is 55.3 Å². The summed E-state index contributed by atoms with van der Waals surface area (Å²) in [5.41, 5.74) is 0. The van der Waals surface area contributed by atoms with E-state index in [4.69, 9.17) is 10.6 Å². The van der Waals surface area contributed by atoms with Crippen molar-refractivity contribution in [2.75, 3.05) is 0 Å². The third kappa shape index (κ3) is 9.70. The number of carboxylic acids is 1. The monoisotopic (exact) mass is 755 g/mol. The molecule has 286 valence electrons. The first-order valence-corrected chi connectivity index (χ1v) is 19.9. The number of ether oxygens (including phenoxy) is 1. The molecule has 0 amide bonds. The van der Waals surface area contributed by atoms with Crippen LogP contribution < -0.4 is 37.2 Å². The number of aliphatic carboxylic acids is 1. The Morgan fingerprint density at radius 1 is 0.860 bits per heavy atom. The number of nitrogens with one attached hydrogen (secondary N) is 6. The van der Waals surface area contributed by atoms with Crippen LogP contribution in [0, 0.1) is 17.8 Å². The number of aliphatic hydroxyl groups excluding tert-OH is 2. The molecule has 12 N–H and O–H groups in total. The minimum Gasteiger partial charge on any atom is -0.481 e. The predicted molar refractivity (Wildman–Crippen MR) is 172 cm³/mol. The average Bonchev–Trinajstić information content (AvgIpc) is 3.04. The van der Waals surface area contributed by atoms with Crippen molar-refractivity contribution in [3.8, 4) is 0 Å². The number of hydrogen-bond acceptors (Lipinski definition) is 18. The molecule has 0 radical (unpaired) electrons. The zero-order valence-corrected chi connectivity index (χ0v) is 28.9. The van der Waals surface area contributed by atoms with Gasteiger partial charge < -0.3 is 20.1 Å². The van der Waals surface area contributed by atoms with E-state index in [0.29, 0.717) is 45.0 Å². The van der Waals surface area contributed by atoms with Crippen LogP contribution in [0.2, 0.25) is 0 Å². The van der Waals surface area contributed by atoms with Gasteiger partial charge in [-0.3, -0.25) is 40.7 Å². The predicted octanol–water partition coefficient (Wildman–Crippen LogP) is -2.75. The molecule has 23 heteroatoms. The molecule has 4 saturated carbocycles. The minimum absolute atomic E-state index is 0.0731. The quantitative estimate of drug-likeness (QED) is 0.0393. The van der Waals surface area contributed by atoms with Crippen molar-refractivity contribution in [1.29, 1.82) is 0 Å². The van der Waals surface area contributed by atoms with Crippen molar-refractivity contribution >= 4 is 32.9 Å². The van der Waals surface area contributed by atoms with Crippen molar-refractivity contribution in [2.24, 2.45) is 33.9 Å². The summed E-state index contributed by atoms with van der Waals surface area (Å²) in [7, 11) is -9.13. The Kier molecular flexibility index (Phi) is 13.2. The molecule has 0 bridgehead atoms. The van der Waals surface area contributed by atoms with E-state index in [-0.39, 0.29) is 31.4 Å². The topological polar surface area (TPSA) is 325 Å². The summed E-state index contributed by atoms with van der Waals surface area (Å²) >= 11 is 0. The number of azo groups is 1. The van der Waals surface area contributed by atoms with Crippen LogP contribution in [0.15, 0.2) is 10.2 Å². The summed E-state index contributed by atoms with van der Waals surface area (Å²) in [6, 6.07) is -4.26. The standard InChI is InChI=1S/C27H49N9O12S2/c28-48-49(42,43)14-9-13-10-19(36-50(44,45)46)22(35-34-16-6-2-1-5-15(16)24(39)40)23(38)21(13)18(11-14)30-26-31-25(32-27(41)33-26)29-17-7-3-4-8-20(17)47-12-37/h12-23,25-27,29-33,36,38,41H,1-11,28H2,(H,39,40)(H,44,45,46). The van der Waals surface area contributed by atoms with Crippen molar-refractivity contribution in [1.82, 2.24) is 31.3 Å². The lowest BCUT2D eigenvalue weighted by Crippen LogP contribution is -2.77. The molecule has 1 saturated heterocycles. The molecule has 4 aliphatic carbocycles. The first-order valence-electron chi connectivity index (χ1n) is 16.9. The summed E-state index contributed by atoms with van der Waals surface area (Å²) in [6.45, 7) is 0.403. The van der Waals surface area contributed by atoms with E-state index in [1.165, 1.54) is 0 Å². The Labute approximate surface area is 290 Å². The third-order valence-corrected chi connectivity index (χ3v) is 12.8. The van der Waals surface area contributed by atoms with E-state index in [0.717, 1.165) is 12.8 Å². The Morgan fingerprint density at radius 2 is 1.52 bits per heavy atom. The Balaban J connectivity index is 1.40. The SMILES string of the molecule is NOS(=O)(=O)C1CC2CC(NS(=O)(=O)O)C(N=NC3CCCCC3C(=O)O)C(O)C2C(NC2NC(O)NC(NC3CCCCC3OC=O)N2)C1. The maximum absolute atomic E-state index is 12.9. The Morgan fingerprint density at radius 3 is 2.18 bits per heavy atom. The second-order valence-electron chi connectivity index (χ2n) is 13.8. The van der Waals surface area contributed by atoms with Gasteiger partial charge in [-0.15, -0.1) is 0 Å². The molecule has 50 heavy (non-hydrogen) atoms. The highest BCUT2D eigenvalue weighted by atomic mass is 32.2. The van der Waals surface area contributed by atoms with Crippen LogP contribution in [0.5, 0.6) is 0 Å². The maximum atomic E-state index is 12.9. The van der Waals surface area contributed by atoms with Crippen LogP contribution in [0.1, 0.15) is 70.6 Å². The largest absolute Gasteiger partial charge is 0.481 e. The number of fused-ring (bicyclic) bond motifs is 1. The van der Waals surface area contributed by atoms with Crippen LogP contribution in [-0.4, -0.2) is 116 Å². The molecular weight excluding hydrogens is 706 g/mol. The molecule has 5 aliphatic rings. The molecular formula is C27H49N9O12S2. The van der Waals surface area contributed by atoms with Gasteiger partial charge in [0.2, 0.25) is 0 Å². The van der Waals surface area contributed by atoms with Gasteiger partial charge in [0.05, 0.1) is 29.4 Å². The fourth-order valence-corrected chi connectivity index (χ4v) is 10.2. The molecule has 0 aromatic carbocycles. The normalized spacial score (nSPS) is 41.7. The fourth-order valence-electron chi connectivity index (χ4n) is 8.48. The summed E-state index contributed by atoms with van der Waals surface area (Å²) < 4.78 is 71.2. The molecule has 1 aliphatic heterocycles. The zero-order valence-electron chi connectivity index (χ0n) is 27.3. The third-order valence-electron chi connectivity index (χ3n) is 10.7. The van der Waals surface area contributed by atoms with Gasteiger partial charge in [-0.25, -0.2) is 0 Å². The maximum Gasteiger partial charge on any atom is 0.333 e. The van der Waals surface area contributed by atoms with Crippen LogP contribution in [0.25, 0.3) is 0 Å². The van der Waals surface area contributed by atoms with Crippen LogP contribution in [-0.2, 0) is 39.0 Å². The lowest BCUT2D eigenvalue weighted by molar-refractivity contribution is -0.143. The van der Waals surface area contributed by atoms with E-state index in [1.54, 1.807) is 0 Å². The number of hydrogen-bond donors (Lipinski definition) is 11. The molecule has 0 aromatic heterocycles. The number of carbonyl (C=O) groups is 2. The number of nitrogens with two attached hydrogens (primary N) is 1. The Hall–Kier alpha value is -2.00. The molecule has 21 nitrogen and oxygen atoms in total. The molecule has 1 heterocycles. The van der Waals surface area contributed by atoms with E-state index in [2.05, 4.69) is 45.8 Å². The lowest BCUT2D eigenvalue weighted by Gasteiger charge is -2.51. The highest BCUT2D eigenvalue weighted by Crippen LogP contribution is 2.44. The summed E-state index contributed by atoms with van der Waals surface area (Å²) in [5, 5.41) is 55.2. The minimum atomic E-state index is -4.83. The lowest BCUT2D eigenvalue weighted by atomic mass is 9.64. The van der Waals surface area contributed by atoms with Gasteiger partial charge in [0.25, 0.3) is 16.6 Å². The van der Waals surface area contributed by atoms with Crippen molar-refractivity contribution in [2.45, 2.75) is 137 Å². The number of carboxylic acid groups (broad SMARTS) is 1. The van der Waals surface area contributed by atoms with Gasteiger partial charge >= 0.3 is 16.3 Å². The van der Waals surface area contributed by atoms with Crippen LogP contribution >= 0.6 is 0 Å². The van der Waals surface area contributed by atoms with E-state index < -0.39 is 98.6 Å². The van der Waals surface area contributed by atoms with Gasteiger partial charge in [0.1, 0.15) is 24.7 Å². The van der Waals surface area contributed by atoms with E-state index in [1.807, 2.05) is 0 Å². The van der Waals surface area contributed by atoms with Gasteiger partial charge in [0, 0.05) is 18.0 Å². The summed E-state index contributed by atoms with van der Waals surface area (Å²) in [6.07, 6.45) is 0.452. The van der Waals surface area contributed by atoms with Gasteiger partial charge in [-0.1, -0.05) is 19.3 Å². The molecule has 5 rings (SSSR count). The zero-order chi connectivity index (χ0) is 36.2. The highest BCUT2D eigenvalue weighted by molar-refractivity contribution is 7.87. The van der Waals surface area contributed by atoms with E-state index >= 15 is 0 Å². The summed E-state index contributed by atoms with van der Waals surface area (Å²) in [5.74, 6) is 1.85. The van der Waals surface area contributed by atoms with Crippen molar-refractivity contribution in [3.05, 3.63) is 0 Å². The smallest absolute Gasteiger partial charge is 0.333 e. The second-order valence-corrected chi connectivity index (χ2v) is 16.9. The van der Waals surface area contributed by atoms with Crippen molar-refractivity contribution in [3.63, 3.8) is 0 Å². The molecule has 0 spiro atoms. The number of nitrogens with zero attached hydrogens (tertiary/aromatic N) is 2. The average molecular weight is 756 g/mol. The first kappa shape index (κ1) is 39.2. The van der Waals surface area contributed by atoms with Crippen LogP contribution in [0.3, 0.4) is 0 Å². The van der Waals surface area contributed by atoms with E-state index in [9.17, 15) is 46.3 Å². The van der Waals surface area contributed by atoms with Crippen LogP contribution in [0.4, 0.5) is 0 Å². The molecule has 5 fully saturated rings. The number of rotatable bonds is 13. The molecule has 14 unspecified atom stereocenters. The number of aliphatic hydroxyl groups is 2. The molecule has 0 aromatic rings. The molecule has 14 atom stereocenters. The van der Waals surface area contributed by atoms with Gasteiger partial charge in [-0.2, -0.15) is 42.0 Å². The fraction of sp³-hybridized carbons (Fsp3) is 0.926. The van der Waals surface area contributed by atoms with Gasteiger partial charge in [-0.05, 0) is 57.3 Å². The van der Waals surface area contributed by atoms with Gasteiger partial charge in [0.15, 0.2) is 6.35 Å². The first-order chi connectivity index (χ1) is 23.7. The Bertz CT molecular complexity index is 1430. The summed E-state index contributed by atoms with van der Waals surface area (Å²) in [4.78, 5) is 22.9. The number of carbonyl (C=O) groups excluding carboxylic acids is 1. The second kappa shape index (κ2) is 16.8.